The van der Waals surface area contributed by atoms with Gasteiger partial charge >= 0.3 is 0 Å². The molecule has 0 amide bonds. The Morgan fingerprint density at radius 3 is 2.57 bits per heavy atom. The molecular formula is C11H9ClN2. The molecule has 0 radical (unpaired) electrons. The number of hydrogen-bond acceptors (Lipinski definition) is 2. The van der Waals surface area contributed by atoms with Crippen LogP contribution < -0.4 is 0 Å². The van der Waals surface area contributed by atoms with Crippen LogP contribution in [-0.4, -0.2) is 9.97 Å². The fraction of sp³-hybridized carbons (Fsp3) is 0.0909. The highest BCUT2D eigenvalue weighted by atomic mass is 35.5. The molecular weight excluding hydrogens is 196 g/mol. The largest absolute Gasteiger partial charge is 0.265 e. The van der Waals surface area contributed by atoms with Crippen molar-refractivity contribution < 1.29 is 0 Å². The zero-order valence-electron chi connectivity index (χ0n) is 7.74. The van der Waals surface area contributed by atoms with Crippen molar-refractivity contribution in [2.75, 3.05) is 0 Å². The fourth-order valence-electron chi connectivity index (χ4n) is 1.22. The van der Waals surface area contributed by atoms with Gasteiger partial charge in [0.15, 0.2) is 0 Å². The van der Waals surface area contributed by atoms with Crippen molar-refractivity contribution in [1.82, 2.24) is 9.97 Å². The Bertz CT molecular complexity index is 440. The smallest absolute Gasteiger partial charge is 0.0706 e. The summed E-state index contributed by atoms with van der Waals surface area (Å²) in [6, 6.07) is 5.82. The molecule has 0 fully saturated rings. The van der Waals surface area contributed by atoms with Gasteiger partial charge < -0.3 is 0 Å². The molecule has 0 aliphatic heterocycles. The van der Waals surface area contributed by atoms with Crippen LogP contribution in [0, 0.1) is 6.92 Å². The quantitative estimate of drug-likeness (QED) is 0.714. The van der Waals surface area contributed by atoms with Gasteiger partial charge in [-0.1, -0.05) is 11.6 Å². The number of hydrogen-bond donors (Lipinski definition) is 0. The van der Waals surface area contributed by atoms with Crippen molar-refractivity contribution in [3.05, 3.63) is 47.4 Å². The molecule has 0 aliphatic carbocycles. The van der Waals surface area contributed by atoms with Crippen LogP contribution in [0.25, 0.3) is 11.3 Å². The Kier molecular flexibility index (Phi) is 2.46. The molecule has 2 aromatic rings. The molecule has 0 unspecified atom stereocenters. The molecule has 0 aromatic carbocycles. The van der Waals surface area contributed by atoms with Gasteiger partial charge in [0.2, 0.25) is 0 Å². The van der Waals surface area contributed by atoms with Crippen molar-refractivity contribution in [3.8, 4) is 11.3 Å². The first-order valence-electron chi connectivity index (χ1n) is 4.30. The van der Waals surface area contributed by atoms with Crippen LogP contribution in [0.5, 0.6) is 0 Å². The Morgan fingerprint density at radius 2 is 1.93 bits per heavy atom. The van der Waals surface area contributed by atoms with E-state index >= 15 is 0 Å². The van der Waals surface area contributed by atoms with E-state index in [4.69, 9.17) is 11.6 Å². The second-order valence-corrected chi connectivity index (χ2v) is 3.46. The van der Waals surface area contributed by atoms with Crippen LogP contribution in [0.4, 0.5) is 0 Å². The summed E-state index contributed by atoms with van der Waals surface area (Å²) < 4.78 is 0. The van der Waals surface area contributed by atoms with Crippen molar-refractivity contribution in [2.45, 2.75) is 6.92 Å². The number of pyridine rings is 2. The third-order valence-electron chi connectivity index (χ3n) is 2.02. The maximum atomic E-state index is 5.89. The van der Waals surface area contributed by atoms with Gasteiger partial charge in [0.1, 0.15) is 0 Å². The zero-order valence-corrected chi connectivity index (χ0v) is 8.49. The third kappa shape index (κ3) is 1.75. The van der Waals surface area contributed by atoms with E-state index < -0.39 is 0 Å². The van der Waals surface area contributed by atoms with Crippen LogP contribution in [0.1, 0.15) is 5.56 Å². The van der Waals surface area contributed by atoms with E-state index in [-0.39, 0.29) is 0 Å². The lowest BCUT2D eigenvalue weighted by molar-refractivity contribution is 1.26. The van der Waals surface area contributed by atoms with E-state index in [1.165, 1.54) is 0 Å². The molecule has 0 saturated heterocycles. The molecule has 70 valence electrons. The first-order chi connectivity index (χ1) is 6.77. The minimum Gasteiger partial charge on any atom is -0.265 e. The Balaban J connectivity index is 2.48. The average Bonchev–Trinajstić information content (AvgIpc) is 2.23. The molecule has 0 spiro atoms. The van der Waals surface area contributed by atoms with E-state index in [0.717, 1.165) is 16.8 Å². The Hall–Kier alpha value is -1.41. The first-order valence-corrected chi connectivity index (χ1v) is 4.68. The molecule has 0 N–H and O–H groups in total. The summed E-state index contributed by atoms with van der Waals surface area (Å²) in [6.45, 7) is 1.97. The van der Waals surface area contributed by atoms with Crippen LogP contribution in [0.3, 0.4) is 0 Å². The Morgan fingerprint density at radius 1 is 1.21 bits per heavy atom. The normalized spacial score (nSPS) is 10.1. The SMILES string of the molecule is Cc1cc(-c2ccncc2)ncc1Cl. The monoisotopic (exact) mass is 204 g/mol. The van der Waals surface area contributed by atoms with Crippen molar-refractivity contribution in [2.24, 2.45) is 0 Å². The summed E-state index contributed by atoms with van der Waals surface area (Å²) in [5.41, 5.74) is 3.02. The van der Waals surface area contributed by atoms with E-state index in [2.05, 4.69) is 9.97 Å². The highest BCUT2D eigenvalue weighted by Gasteiger charge is 2.00. The molecule has 0 bridgehead atoms. The van der Waals surface area contributed by atoms with Crippen LogP contribution in [0.15, 0.2) is 36.8 Å². The second-order valence-electron chi connectivity index (χ2n) is 3.05. The predicted octanol–water partition coefficient (Wildman–Crippen LogP) is 3.11. The second kappa shape index (κ2) is 3.76. The molecule has 0 atom stereocenters. The minimum atomic E-state index is 0.697. The van der Waals surface area contributed by atoms with Gasteiger partial charge in [-0.05, 0) is 30.7 Å². The third-order valence-corrected chi connectivity index (χ3v) is 2.42. The van der Waals surface area contributed by atoms with Gasteiger partial charge in [-0.3, -0.25) is 9.97 Å². The topological polar surface area (TPSA) is 25.8 Å². The van der Waals surface area contributed by atoms with Crippen LogP contribution in [-0.2, 0) is 0 Å². The molecule has 2 rings (SSSR count). The molecule has 2 nitrogen and oxygen atoms in total. The summed E-state index contributed by atoms with van der Waals surface area (Å²) in [7, 11) is 0. The first kappa shape index (κ1) is 9.16. The standard InChI is InChI=1S/C11H9ClN2/c1-8-6-11(14-7-10(8)12)9-2-4-13-5-3-9/h2-7H,1H3. The van der Waals surface area contributed by atoms with Gasteiger partial charge in [-0.2, -0.15) is 0 Å². The summed E-state index contributed by atoms with van der Waals surface area (Å²) in [5.74, 6) is 0. The predicted molar refractivity (Wildman–Crippen MR) is 57.2 cm³/mol. The lowest BCUT2D eigenvalue weighted by atomic mass is 10.1. The molecule has 2 aromatic heterocycles. The number of aromatic nitrogens is 2. The lowest BCUT2D eigenvalue weighted by Gasteiger charge is -2.02. The lowest BCUT2D eigenvalue weighted by Crippen LogP contribution is -1.85. The van der Waals surface area contributed by atoms with Gasteiger partial charge in [-0.25, -0.2) is 0 Å². The van der Waals surface area contributed by atoms with Crippen LogP contribution >= 0.6 is 11.6 Å². The summed E-state index contributed by atoms with van der Waals surface area (Å²) in [4.78, 5) is 8.21. The molecule has 0 saturated carbocycles. The minimum absolute atomic E-state index is 0.697. The number of nitrogens with zero attached hydrogens (tertiary/aromatic N) is 2. The highest BCUT2D eigenvalue weighted by molar-refractivity contribution is 6.31. The average molecular weight is 205 g/mol. The van der Waals surface area contributed by atoms with E-state index in [9.17, 15) is 0 Å². The maximum absolute atomic E-state index is 5.89. The zero-order chi connectivity index (χ0) is 9.97. The summed E-state index contributed by atoms with van der Waals surface area (Å²) in [6.07, 6.45) is 5.18. The van der Waals surface area contributed by atoms with Crippen LogP contribution in [0.2, 0.25) is 5.02 Å². The van der Waals surface area contributed by atoms with E-state index in [1.54, 1.807) is 18.6 Å². The van der Waals surface area contributed by atoms with Crippen molar-refractivity contribution >= 4 is 11.6 Å². The van der Waals surface area contributed by atoms with Crippen molar-refractivity contribution in [3.63, 3.8) is 0 Å². The molecule has 2 heterocycles. The van der Waals surface area contributed by atoms with Gasteiger partial charge in [-0.15, -0.1) is 0 Å². The molecule has 14 heavy (non-hydrogen) atoms. The van der Waals surface area contributed by atoms with Gasteiger partial charge in [0.25, 0.3) is 0 Å². The Labute approximate surface area is 87.6 Å². The number of halogens is 1. The molecule has 0 aliphatic rings. The van der Waals surface area contributed by atoms with Gasteiger partial charge in [0.05, 0.1) is 10.7 Å². The molecule has 3 heteroatoms. The van der Waals surface area contributed by atoms with E-state index in [1.807, 2.05) is 25.1 Å². The summed E-state index contributed by atoms with van der Waals surface area (Å²) in [5, 5.41) is 0.697. The maximum Gasteiger partial charge on any atom is 0.0706 e. The number of aryl methyl sites for hydroxylation is 1. The fourth-order valence-corrected chi connectivity index (χ4v) is 1.32. The van der Waals surface area contributed by atoms with E-state index in [0.29, 0.717) is 5.02 Å². The number of rotatable bonds is 1. The van der Waals surface area contributed by atoms with Gasteiger partial charge in [0, 0.05) is 24.2 Å². The van der Waals surface area contributed by atoms with Crippen molar-refractivity contribution in [1.29, 1.82) is 0 Å². The summed E-state index contributed by atoms with van der Waals surface area (Å²) >= 11 is 5.89. The highest BCUT2D eigenvalue weighted by Crippen LogP contribution is 2.20.